The lowest BCUT2D eigenvalue weighted by Crippen LogP contribution is -2.44. The highest BCUT2D eigenvalue weighted by molar-refractivity contribution is 5.90. The molecule has 3 aromatic rings. The number of H-pyrrole nitrogens is 1. The van der Waals surface area contributed by atoms with Crippen molar-refractivity contribution in [3.63, 3.8) is 0 Å². The van der Waals surface area contributed by atoms with Crippen LogP contribution in [-0.2, 0) is 6.54 Å². The minimum atomic E-state index is -0.295. The van der Waals surface area contributed by atoms with Crippen LogP contribution in [0.25, 0.3) is 10.9 Å². The van der Waals surface area contributed by atoms with Crippen LogP contribution in [-0.4, -0.2) is 63.3 Å². The van der Waals surface area contributed by atoms with Crippen LogP contribution in [0.15, 0.2) is 35.3 Å². The van der Waals surface area contributed by atoms with E-state index in [2.05, 4.69) is 56.6 Å². The van der Waals surface area contributed by atoms with Crippen molar-refractivity contribution in [2.45, 2.75) is 51.7 Å². The molecule has 2 saturated heterocycles. The third-order valence-corrected chi connectivity index (χ3v) is 6.76. The zero-order valence-electron chi connectivity index (χ0n) is 19.3. The minimum absolute atomic E-state index is 0.295. The monoisotopic (exact) mass is 448 g/mol. The van der Waals surface area contributed by atoms with Gasteiger partial charge in [-0.3, -0.25) is 9.69 Å². The van der Waals surface area contributed by atoms with Gasteiger partial charge in [0.05, 0.1) is 6.20 Å². The molecule has 4 heterocycles. The van der Waals surface area contributed by atoms with E-state index >= 15 is 0 Å². The van der Waals surface area contributed by atoms with Crippen LogP contribution >= 0.6 is 0 Å². The fourth-order valence-electron chi connectivity index (χ4n) is 4.97. The van der Waals surface area contributed by atoms with Gasteiger partial charge in [0.2, 0.25) is 5.95 Å². The number of fused-ring (bicyclic) bond motifs is 1. The molecule has 174 valence electrons. The summed E-state index contributed by atoms with van der Waals surface area (Å²) in [6.07, 6.45) is 5.02. The third kappa shape index (κ3) is 4.69. The van der Waals surface area contributed by atoms with Crippen molar-refractivity contribution in [1.82, 2.24) is 30.4 Å². The summed E-state index contributed by atoms with van der Waals surface area (Å²) < 4.78 is 0. The molecule has 2 unspecified atom stereocenters. The molecule has 0 amide bonds. The number of hydrogen-bond donors (Lipinski definition) is 3. The summed E-state index contributed by atoms with van der Waals surface area (Å²) in [7, 11) is 0. The van der Waals surface area contributed by atoms with Crippen LogP contribution in [0.2, 0.25) is 0 Å². The molecule has 3 N–H and O–H groups in total. The molecule has 33 heavy (non-hydrogen) atoms. The Labute approximate surface area is 193 Å². The number of piperazine rings is 1. The molecule has 0 bridgehead atoms. The first-order chi connectivity index (χ1) is 16.1. The number of benzene rings is 1. The molecule has 2 atom stereocenters. The lowest BCUT2D eigenvalue weighted by Gasteiger charge is -2.39. The topological polar surface area (TPSA) is 102 Å². The number of nitrogens with one attached hydrogen (secondary N) is 3. The number of piperidine rings is 1. The largest absolute Gasteiger partial charge is 0.339 e. The van der Waals surface area contributed by atoms with Gasteiger partial charge in [-0.1, -0.05) is 12.1 Å². The summed E-state index contributed by atoms with van der Waals surface area (Å²) in [6, 6.07) is 9.06. The Morgan fingerprint density at radius 2 is 1.79 bits per heavy atom. The number of rotatable bonds is 5. The molecule has 2 aliphatic heterocycles. The Morgan fingerprint density at radius 1 is 1.06 bits per heavy atom. The molecule has 1 aromatic carbocycles. The average Bonchev–Trinajstić information content (AvgIpc) is 2.81. The molecule has 2 fully saturated rings. The zero-order valence-corrected chi connectivity index (χ0v) is 19.3. The highest BCUT2D eigenvalue weighted by Crippen LogP contribution is 2.30. The van der Waals surface area contributed by atoms with Crippen molar-refractivity contribution in [2.24, 2.45) is 0 Å². The maximum atomic E-state index is 12.6. The van der Waals surface area contributed by atoms with Gasteiger partial charge in [0.25, 0.3) is 5.56 Å². The zero-order chi connectivity index (χ0) is 22.8. The van der Waals surface area contributed by atoms with Crippen LogP contribution < -0.4 is 21.1 Å². The number of anilines is 3. The minimum Gasteiger partial charge on any atom is -0.339 e. The molecular weight excluding hydrogens is 416 g/mol. The molecule has 0 spiro atoms. The van der Waals surface area contributed by atoms with Gasteiger partial charge in [0.15, 0.2) is 0 Å². The number of hydrogen-bond acceptors (Lipinski definition) is 8. The SMILES string of the molecule is CC1CCCC(C)N1c1nc(Nc2ccc(CN3CCNCC3)cc2)c2c(=O)[nH]ncc2n1. The third-order valence-electron chi connectivity index (χ3n) is 6.76. The molecule has 9 nitrogen and oxygen atoms in total. The van der Waals surface area contributed by atoms with Gasteiger partial charge < -0.3 is 15.5 Å². The van der Waals surface area contributed by atoms with Crippen molar-refractivity contribution in [1.29, 1.82) is 0 Å². The van der Waals surface area contributed by atoms with E-state index in [9.17, 15) is 4.79 Å². The molecule has 0 radical (unpaired) electrons. The van der Waals surface area contributed by atoms with Crippen LogP contribution in [0.3, 0.4) is 0 Å². The summed E-state index contributed by atoms with van der Waals surface area (Å²) in [5, 5.41) is 13.7. The summed E-state index contributed by atoms with van der Waals surface area (Å²) in [5.74, 6) is 1.16. The molecule has 5 rings (SSSR count). The van der Waals surface area contributed by atoms with Gasteiger partial charge in [-0.25, -0.2) is 10.1 Å². The van der Waals surface area contributed by atoms with Crippen LogP contribution in [0, 0.1) is 0 Å². The normalized spacial score (nSPS) is 21.9. The highest BCUT2D eigenvalue weighted by Gasteiger charge is 2.28. The van der Waals surface area contributed by atoms with Crippen molar-refractivity contribution < 1.29 is 0 Å². The predicted octanol–water partition coefficient (Wildman–Crippen LogP) is 2.63. The summed E-state index contributed by atoms with van der Waals surface area (Å²) in [6.45, 7) is 9.59. The molecule has 2 aliphatic rings. The predicted molar refractivity (Wildman–Crippen MR) is 131 cm³/mol. The smallest absolute Gasteiger partial charge is 0.277 e. The van der Waals surface area contributed by atoms with E-state index in [1.54, 1.807) is 6.20 Å². The Hall–Kier alpha value is -3.04. The van der Waals surface area contributed by atoms with E-state index in [1.807, 2.05) is 12.1 Å². The second kappa shape index (κ2) is 9.44. The Kier molecular flexibility index (Phi) is 6.24. The molecule has 2 aromatic heterocycles. The van der Waals surface area contributed by atoms with Gasteiger partial charge in [-0.15, -0.1) is 0 Å². The van der Waals surface area contributed by atoms with Crippen molar-refractivity contribution in [2.75, 3.05) is 36.4 Å². The van der Waals surface area contributed by atoms with Crippen LogP contribution in [0.4, 0.5) is 17.5 Å². The fraction of sp³-hybridized carbons (Fsp3) is 0.500. The van der Waals surface area contributed by atoms with Gasteiger partial charge >= 0.3 is 0 Å². The van der Waals surface area contributed by atoms with Crippen LogP contribution in [0.1, 0.15) is 38.7 Å². The van der Waals surface area contributed by atoms with E-state index in [0.717, 1.165) is 51.3 Å². The summed E-state index contributed by atoms with van der Waals surface area (Å²) in [4.78, 5) is 26.9. The number of aromatic amines is 1. The maximum Gasteiger partial charge on any atom is 0.277 e. The van der Waals surface area contributed by atoms with E-state index in [1.165, 1.54) is 12.0 Å². The lowest BCUT2D eigenvalue weighted by atomic mass is 9.98. The maximum absolute atomic E-state index is 12.6. The molecule has 0 saturated carbocycles. The van der Waals surface area contributed by atoms with Crippen molar-refractivity contribution in [3.05, 3.63) is 46.4 Å². The number of aromatic nitrogens is 4. The van der Waals surface area contributed by atoms with E-state index < -0.39 is 0 Å². The quantitative estimate of drug-likeness (QED) is 0.548. The van der Waals surface area contributed by atoms with E-state index in [4.69, 9.17) is 9.97 Å². The Morgan fingerprint density at radius 3 is 2.52 bits per heavy atom. The van der Waals surface area contributed by atoms with Gasteiger partial charge in [0, 0.05) is 50.5 Å². The molecular formula is C24H32N8O. The van der Waals surface area contributed by atoms with Crippen molar-refractivity contribution >= 4 is 28.4 Å². The lowest BCUT2D eigenvalue weighted by molar-refractivity contribution is 0.233. The Balaban J connectivity index is 1.45. The Bertz CT molecular complexity index is 1150. The summed E-state index contributed by atoms with van der Waals surface area (Å²) in [5.41, 5.74) is 2.41. The first-order valence-corrected chi connectivity index (χ1v) is 11.9. The first kappa shape index (κ1) is 21.8. The fourth-order valence-corrected chi connectivity index (χ4v) is 4.97. The second-order valence-corrected chi connectivity index (χ2v) is 9.22. The molecule has 9 heteroatoms. The van der Waals surface area contributed by atoms with Gasteiger partial charge in [-0.2, -0.15) is 10.1 Å². The van der Waals surface area contributed by atoms with Crippen LogP contribution in [0.5, 0.6) is 0 Å². The number of nitrogens with zero attached hydrogens (tertiary/aromatic N) is 5. The highest BCUT2D eigenvalue weighted by atomic mass is 16.1. The first-order valence-electron chi connectivity index (χ1n) is 11.9. The summed E-state index contributed by atoms with van der Waals surface area (Å²) >= 11 is 0. The second-order valence-electron chi connectivity index (χ2n) is 9.22. The van der Waals surface area contributed by atoms with Crippen molar-refractivity contribution in [3.8, 4) is 0 Å². The average molecular weight is 449 g/mol. The van der Waals surface area contributed by atoms with E-state index in [-0.39, 0.29) is 5.56 Å². The molecule has 0 aliphatic carbocycles. The van der Waals surface area contributed by atoms with Gasteiger partial charge in [0.1, 0.15) is 16.7 Å². The van der Waals surface area contributed by atoms with E-state index in [0.29, 0.717) is 34.8 Å². The standard InChI is InChI=1S/C24H32N8O/c1-16-4-3-5-17(2)32(16)24-28-20-14-26-30-23(33)21(20)22(29-24)27-19-8-6-18(7-9-19)15-31-12-10-25-11-13-31/h6-9,14,16-17,25H,3-5,10-13,15H2,1-2H3,(H,30,33)(H,27,28,29). The van der Waals surface area contributed by atoms with Gasteiger partial charge in [-0.05, 0) is 50.8 Å².